The molecule has 0 saturated heterocycles. The van der Waals surface area contributed by atoms with Crippen LogP contribution in [0.15, 0.2) is 89.8 Å². The first-order valence-corrected chi connectivity index (χ1v) is 10.7. The summed E-state index contributed by atoms with van der Waals surface area (Å²) in [4.78, 5) is 20.6. The summed E-state index contributed by atoms with van der Waals surface area (Å²) in [6, 6.07) is 21.1. The molecule has 0 saturated carbocycles. The van der Waals surface area contributed by atoms with Gasteiger partial charge in [-0.1, -0.05) is 17.7 Å². The minimum absolute atomic E-state index is 0.310. The van der Waals surface area contributed by atoms with Crippen molar-refractivity contribution in [1.82, 2.24) is 19.7 Å². The third-order valence-electron chi connectivity index (χ3n) is 5.00. The Morgan fingerprint density at radius 3 is 2.51 bits per heavy atom. The molecule has 35 heavy (non-hydrogen) atoms. The number of amides is 2. The Morgan fingerprint density at radius 2 is 1.80 bits per heavy atom. The average Bonchev–Trinajstić information content (AvgIpc) is 3.51. The third kappa shape index (κ3) is 5.11. The first-order valence-electron chi connectivity index (χ1n) is 10.7. The molecule has 0 spiro atoms. The smallest absolute Gasteiger partial charge is 0.324 e. The number of carbonyl (C=O) groups is 1. The van der Waals surface area contributed by atoms with E-state index in [9.17, 15) is 4.79 Å². The molecule has 0 radical (unpaired) electrons. The maximum absolute atomic E-state index is 12.8. The molecule has 3 aromatic heterocycles. The van der Waals surface area contributed by atoms with Crippen molar-refractivity contribution < 1.29 is 13.9 Å². The molecule has 0 aliphatic rings. The lowest BCUT2D eigenvalue weighted by molar-refractivity contribution is 0.262. The summed E-state index contributed by atoms with van der Waals surface area (Å²) < 4.78 is 12.8. The molecule has 2 amide bonds. The van der Waals surface area contributed by atoms with Gasteiger partial charge in [0, 0.05) is 17.8 Å². The third-order valence-corrected chi connectivity index (χ3v) is 5.00. The van der Waals surface area contributed by atoms with Crippen molar-refractivity contribution in [1.29, 1.82) is 0 Å². The van der Waals surface area contributed by atoms with Gasteiger partial charge in [0.15, 0.2) is 5.76 Å². The van der Waals surface area contributed by atoms with Crippen molar-refractivity contribution in [2.75, 3.05) is 16.4 Å². The summed E-state index contributed by atoms with van der Waals surface area (Å²) in [5.74, 6) is 2.26. The predicted molar refractivity (Wildman–Crippen MR) is 132 cm³/mol. The predicted octanol–water partition coefficient (Wildman–Crippen LogP) is 5.25. The number of carbonyl (C=O) groups excluding carboxylic acids is 1. The molecule has 174 valence electrons. The highest BCUT2D eigenvalue weighted by Gasteiger charge is 2.15. The first-order chi connectivity index (χ1) is 17.0. The van der Waals surface area contributed by atoms with Gasteiger partial charge >= 0.3 is 6.03 Å². The number of nitrogens with zero attached hydrogens (tertiary/aromatic N) is 4. The molecule has 5 rings (SSSR count). The second kappa shape index (κ2) is 9.40. The SMILES string of the molecule is Cc1ccc(-n2nc(-c3ccco3)cc2NC(=O)Nc2ccc(Oc3cc(N)ncn3)cc2)cc1. The molecule has 0 unspecified atom stereocenters. The molecule has 0 aliphatic carbocycles. The summed E-state index contributed by atoms with van der Waals surface area (Å²) in [7, 11) is 0. The van der Waals surface area contributed by atoms with E-state index >= 15 is 0 Å². The van der Waals surface area contributed by atoms with Crippen molar-refractivity contribution >= 4 is 23.4 Å². The Morgan fingerprint density at radius 1 is 1.00 bits per heavy atom. The molecule has 0 atom stereocenters. The highest BCUT2D eigenvalue weighted by molar-refractivity contribution is 5.99. The molecule has 10 heteroatoms. The molecule has 0 fully saturated rings. The van der Waals surface area contributed by atoms with Crippen molar-refractivity contribution in [3.8, 4) is 28.8 Å². The van der Waals surface area contributed by atoms with Gasteiger partial charge in [-0.15, -0.1) is 0 Å². The van der Waals surface area contributed by atoms with E-state index in [1.165, 1.54) is 12.4 Å². The maximum atomic E-state index is 12.8. The van der Waals surface area contributed by atoms with E-state index in [0.29, 0.717) is 40.4 Å². The zero-order valence-electron chi connectivity index (χ0n) is 18.7. The summed E-state index contributed by atoms with van der Waals surface area (Å²) in [6.45, 7) is 2.01. The van der Waals surface area contributed by atoms with Gasteiger partial charge in [-0.2, -0.15) is 5.10 Å². The van der Waals surface area contributed by atoms with Crippen molar-refractivity contribution in [2.24, 2.45) is 0 Å². The van der Waals surface area contributed by atoms with Crippen molar-refractivity contribution in [2.45, 2.75) is 6.92 Å². The largest absolute Gasteiger partial charge is 0.463 e. The Kier molecular flexibility index (Phi) is 5.83. The van der Waals surface area contributed by atoms with Crippen LogP contribution in [-0.4, -0.2) is 25.8 Å². The fourth-order valence-electron chi connectivity index (χ4n) is 3.31. The molecule has 5 aromatic rings. The van der Waals surface area contributed by atoms with Crippen LogP contribution in [0.4, 0.5) is 22.1 Å². The summed E-state index contributed by atoms with van der Waals surface area (Å²) in [5, 5.41) is 10.3. The minimum Gasteiger partial charge on any atom is -0.463 e. The molecule has 10 nitrogen and oxygen atoms in total. The van der Waals surface area contributed by atoms with Crippen LogP contribution in [0.3, 0.4) is 0 Å². The van der Waals surface area contributed by atoms with Crippen LogP contribution >= 0.6 is 0 Å². The average molecular weight is 467 g/mol. The van der Waals surface area contributed by atoms with E-state index in [1.54, 1.807) is 47.3 Å². The maximum Gasteiger partial charge on any atom is 0.324 e. The van der Waals surface area contributed by atoms with Crippen LogP contribution in [-0.2, 0) is 0 Å². The van der Waals surface area contributed by atoms with Gasteiger partial charge in [0.1, 0.15) is 29.4 Å². The van der Waals surface area contributed by atoms with Crippen LogP contribution < -0.4 is 21.1 Å². The van der Waals surface area contributed by atoms with E-state index in [4.69, 9.17) is 14.9 Å². The monoisotopic (exact) mass is 467 g/mol. The van der Waals surface area contributed by atoms with Gasteiger partial charge in [0.25, 0.3) is 0 Å². The van der Waals surface area contributed by atoms with E-state index in [0.717, 1.165) is 11.3 Å². The number of furan rings is 1. The van der Waals surface area contributed by atoms with E-state index in [2.05, 4.69) is 25.7 Å². The molecule has 0 bridgehead atoms. The number of anilines is 3. The highest BCUT2D eigenvalue weighted by Crippen LogP contribution is 2.26. The number of hydrogen-bond donors (Lipinski definition) is 3. The van der Waals surface area contributed by atoms with Crippen LogP contribution in [0.25, 0.3) is 17.1 Å². The van der Waals surface area contributed by atoms with Crippen LogP contribution in [0, 0.1) is 6.92 Å². The molecule has 4 N–H and O–H groups in total. The van der Waals surface area contributed by atoms with Gasteiger partial charge in [0.05, 0.1) is 12.0 Å². The lowest BCUT2D eigenvalue weighted by atomic mass is 10.2. The molecular formula is C25H21N7O3. The van der Waals surface area contributed by atoms with E-state index < -0.39 is 6.03 Å². The molecule has 0 aliphatic heterocycles. The number of aromatic nitrogens is 4. The topological polar surface area (TPSA) is 133 Å². The quantitative estimate of drug-likeness (QED) is 0.311. The molecule has 3 heterocycles. The second-order valence-electron chi connectivity index (χ2n) is 7.63. The number of benzene rings is 2. The van der Waals surface area contributed by atoms with Crippen molar-refractivity contribution in [3.63, 3.8) is 0 Å². The summed E-state index contributed by atoms with van der Waals surface area (Å²) in [5.41, 5.74) is 8.73. The number of aryl methyl sites for hydroxylation is 1. The van der Waals surface area contributed by atoms with Gasteiger partial charge < -0.3 is 20.2 Å². The first kappa shape index (κ1) is 21.7. The van der Waals surface area contributed by atoms with Crippen LogP contribution in [0.2, 0.25) is 0 Å². The number of ether oxygens (including phenoxy) is 1. The summed E-state index contributed by atoms with van der Waals surface area (Å²) in [6.07, 6.45) is 2.90. The fraction of sp³-hybridized carbons (Fsp3) is 0.0400. The summed E-state index contributed by atoms with van der Waals surface area (Å²) >= 11 is 0. The zero-order valence-corrected chi connectivity index (χ0v) is 18.7. The number of rotatable bonds is 6. The number of nitrogens with two attached hydrogens (primary N) is 1. The lowest BCUT2D eigenvalue weighted by Gasteiger charge is -2.11. The normalized spacial score (nSPS) is 10.7. The Balaban J connectivity index is 1.31. The minimum atomic E-state index is -0.429. The van der Waals surface area contributed by atoms with Gasteiger partial charge in [0.2, 0.25) is 5.88 Å². The van der Waals surface area contributed by atoms with Gasteiger partial charge in [-0.05, 0) is 55.5 Å². The van der Waals surface area contributed by atoms with E-state index in [-0.39, 0.29) is 0 Å². The second-order valence-corrected chi connectivity index (χ2v) is 7.63. The van der Waals surface area contributed by atoms with E-state index in [1.807, 2.05) is 37.3 Å². The molecule has 2 aromatic carbocycles. The Labute approximate surface area is 200 Å². The van der Waals surface area contributed by atoms with Crippen molar-refractivity contribution in [3.05, 3.63) is 91.0 Å². The zero-order chi connectivity index (χ0) is 24.2. The van der Waals surface area contributed by atoms with Crippen LogP contribution in [0.1, 0.15) is 5.56 Å². The fourth-order valence-corrected chi connectivity index (χ4v) is 3.31. The number of hydrogen-bond acceptors (Lipinski definition) is 7. The highest BCUT2D eigenvalue weighted by atomic mass is 16.5. The number of nitrogen functional groups attached to an aromatic ring is 1. The molecular weight excluding hydrogens is 446 g/mol. The Bertz CT molecular complexity index is 1440. The number of urea groups is 1. The lowest BCUT2D eigenvalue weighted by Crippen LogP contribution is -2.21. The number of nitrogens with one attached hydrogen (secondary N) is 2. The Hall–Kier alpha value is -5.12. The van der Waals surface area contributed by atoms with Gasteiger partial charge in [-0.3, -0.25) is 5.32 Å². The standard InChI is InChI=1S/C25H21N7O3/c1-16-4-8-18(9-5-16)32-23(13-20(31-32)21-3-2-12-34-21)30-25(33)29-17-6-10-19(11-7-17)35-24-14-22(26)27-15-28-24/h2-15H,1H3,(H2,26,27,28)(H2,29,30,33). The van der Waals surface area contributed by atoms with Crippen LogP contribution in [0.5, 0.6) is 11.6 Å². The van der Waals surface area contributed by atoms with Gasteiger partial charge in [-0.25, -0.2) is 19.4 Å².